The van der Waals surface area contributed by atoms with E-state index < -0.39 is 11.7 Å². The van der Waals surface area contributed by atoms with Gasteiger partial charge >= 0.3 is 6.18 Å². The minimum Gasteiger partial charge on any atom is -0.378 e. The van der Waals surface area contributed by atoms with Crippen LogP contribution < -0.4 is 4.90 Å². The second-order valence-electron chi connectivity index (χ2n) is 8.34. The Kier molecular flexibility index (Phi) is 5.76. The third-order valence-electron chi connectivity index (χ3n) is 6.32. The Hall–Kier alpha value is -3.40. The molecule has 1 saturated heterocycles. The van der Waals surface area contributed by atoms with E-state index in [0.717, 1.165) is 34.5 Å². The number of H-pyrrole nitrogens is 1. The Balaban J connectivity index is 1.69. The fourth-order valence-electron chi connectivity index (χ4n) is 4.47. The predicted molar refractivity (Wildman–Crippen MR) is 122 cm³/mol. The minimum atomic E-state index is -4.40. The minimum absolute atomic E-state index is 0.227. The molecular formula is C24H25F3N6O. The number of fused-ring (bicyclic) bond motifs is 1. The first kappa shape index (κ1) is 22.4. The lowest BCUT2D eigenvalue weighted by molar-refractivity contribution is -0.138. The summed E-state index contributed by atoms with van der Waals surface area (Å²) in [6, 6.07) is 8.18. The molecule has 1 fully saturated rings. The van der Waals surface area contributed by atoms with Gasteiger partial charge in [0.25, 0.3) is 0 Å². The van der Waals surface area contributed by atoms with E-state index in [1.54, 1.807) is 16.8 Å². The van der Waals surface area contributed by atoms with E-state index in [4.69, 9.17) is 14.8 Å². The molecule has 1 N–H and O–H groups in total. The number of benzene rings is 1. The maximum absolute atomic E-state index is 13.5. The van der Waals surface area contributed by atoms with Gasteiger partial charge < -0.3 is 9.64 Å². The first-order valence-corrected chi connectivity index (χ1v) is 11.3. The van der Waals surface area contributed by atoms with E-state index in [-0.39, 0.29) is 5.56 Å². The van der Waals surface area contributed by atoms with Crippen LogP contribution in [0.25, 0.3) is 16.9 Å². The van der Waals surface area contributed by atoms with E-state index in [0.29, 0.717) is 50.4 Å². The highest BCUT2D eigenvalue weighted by molar-refractivity contribution is 5.77. The van der Waals surface area contributed by atoms with Crippen LogP contribution in [0, 0.1) is 6.92 Å². The fraction of sp³-hybridized carbons (Fsp3) is 0.375. The van der Waals surface area contributed by atoms with Gasteiger partial charge in [0.2, 0.25) is 0 Å². The maximum atomic E-state index is 13.5. The third-order valence-corrected chi connectivity index (χ3v) is 6.32. The molecular weight excluding hydrogens is 445 g/mol. The van der Waals surface area contributed by atoms with E-state index >= 15 is 0 Å². The van der Waals surface area contributed by atoms with Gasteiger partial charge in [0.15, 0.2) is 11.5 Å². The molecule has 0 amide bonds. The molecule has 0 saturated carbocycles. The number of alkyl halides is 3. The Bertz CT molecular complexity index is 1310. The average Bonchev–Trinajstić information content (AvgIpc) is 3.48. The first-order valence-electron chi connectivity index (χ1n) is 11.3. The number of hydrogen-bond donors (Lipinski definition) is 1. The van der Waals surface area contributed by atoms with Crippen LogP contribution in [-0.4, -0.2) is 51.1 Å². The van der Waals surface area contributed by atoms with Crippen molar-refractivity contribution in [1.29, 1.82) is 0 Å². The number of aromatic nitrogens is 5. The lowest BCUT2D eigenvalue weighted by Gasteiger charge is -2.28. The zero-order chi connectivity index (χ0) is 23.9. The lowest BCUT2D eigenvalue weighted by Crippen LogP contribution is -2.37. The van der Waals surface area contributed by atoms with Gasteiger partial charge in [-0.25, -0.2) is 9.50 Å². The molecule has 0 bridgehead atoms. The van der Waals surface area contributed by atoms with Crippen LogP contribution in [0.1, 0.15) is 35.0 Å². The standard InChI is InChI=1S/C24H25F3N6O/c1-3-19-21(13-16-5-4-6-18(15(16)2)24(25,26)27)33-23(29-19)17(20-7-8-28-30-20)14-22(31-33)32-9-11-34-12-10-32/h4-8,14H,3,9-13H2,1-2H3,(H,28,30). The van der Waals surface area contributed by atoms with Crippen LogP contribution in [0.5, 0.6) is 0 Å². The number of halogens is 3. The SMILES string of the molecule is CCc1nc2c(-c3ccn[nH]3)cc(N3CCOCC3)nn2c1Cc1cccc(C(F)(F)F)c1C. The highest BCUT2D eigenvalue weighted by atomic mass is 19.4. The van der Waals surface area contributed by atoms with Gasteiger partial charge in [0.05, 0.1) is 35.9 Å². The highest BCUT2D eigenvalue weighted by Crippen LogP contribution is 2.34. The van der Waals surface area contributed by atoms with Crippen LogP contribution in [0.15, 0.2) is 36.5 Å². The number of imidazole rings is 1. The second-order valence-corrected chi connectivity index (χ2v) is 8.34. The quantitative estimate of drug-likeness (QED) is 0.467. The number of rotatable bonds is 5. The zero-order valence-electron chi connectivity index (χ0n) is 19.0. The molecule has 0 unspecified atom stereocenters. The Labute approximate surface area is 194 Å². The summed E-state index contributed by atoms with van der Waals surface area (Å²) in [6.07, 6.45) is -1.80. The number of aromatic amines is 1. The van der Waals surface area contributed by atoms with Crippen molar-refractivity contribution in [2.75, 3.05) is 31.2 Å². The number of morpholine rings is 1. The van der Waals surface area contributed by atoms with Crippen molar-refractivity contribution < 1.29 is 17.9 Å². The van der Waals surface area contributed by atoms with Crippen molar-refractivity contribution in [2.45, 2.75) is 32.9 Å². The number of anilines is 1. The first-order chi connectivity index (χ1) is 16.4. The van der Waals surface area contributed by atoms with Crippen molar-refractivity contribution in [3.05, 3.63) is 64.6 Å². The Morgan fingerprint density at radius 3 is 2.62 bits per heavy atom. The summed E-state index contributed by atoms with van der Waals surface area (Å²) in [6.45, 7) is 6.15. The molecule has 4 aromatic rings. The molecule has 0 radical (unpaired) electrons. The van der Waals surface area contributed by atoms with Gasteiger partial charge in [-0.2, -0.15) is 18.3 Å². The van der Waals surface area contributed by atoms with Crippen molar-refractivity contribution in [2.24, 2.45) is 0 Å². The van der Waals surface area contributed by atoms with Crippen LogP contribution >= 0.6 is 0 Å². The summed E-state index contributed by atoms with van der Waals surface area (Å²) in [5, 5.41) is 12.0. The summed E-state index contributed by atoms with van der Waals surface area (Å²) in [5.41, 5.74) is 4.11. The molecule has 1 aromatic carbocycles. The predicted octanol–water partition coefficient (Wildman–Crippen LogP) is 4.44. The fourth-order valence-corrected chi connectivity index (χ4v) is 4.47. The van der Waals surface area contributed by atoms with Crippen LogP contribution in [0.2, 0.25) is 0 Å². The number of nitrogens with one attached hydrogen (secondary N) is 1. The van der Waals surface area contributed by atoms with Gasteiger partial charge in [0.1, 0.15) is 0 Å². The van der Waals surface area contributed by atoms with Crippen LogP contribution in [0.4, 0.5) is 19.0 Å². The molecule has 178 valence electrons. The molecule has 4 heterocycles. The number of ether oxygens (including phenoxy) is 1. The molecule has 0 atom stereocenters. The zero-order valence-corrected chi connectivity index (χ0v) is 19.0. The van der Waals surface area contributed by atoms with Crippen LogP contribution in [0.3, 0.4) is 0 Å². The van der Waals surface area contributed by atoms with Gasteiger partial charge in [0, 0.05) is 31.3 Å². The normalized spacial score (nSPS) is 14.8. The summed E-state index contributed by atoms with van der Waals surface area (Å²) in [4.78, 5) is 7.00. The molecule has 5 rings (SSSR count). The molecule has 10 heteroatoms. The summed E-state index contributed by atoms with van der Waals surface area (Å²) in [5.74, 6) is 0.766. The summed E-state index contributed by atoms with van der Waals surface area (Å²) >= 11 is 0. The van der Waals surface area contributed by atoms with E-state index in [2.05, 4.69) is 15.1 Å². The summed E-state index contributed by atoms with van der Waals surface area (Å²) in [7, 11) is 0. The van der Waals surface area contributed by atoms with E-state index in [1.807, 2.05) is 19.1 Å². The topological polar surface area (TPSA) is 71.3 Å². The van der Waals surface area contributed by atoms with Crippen molar-refractivity contribution in [3.8, 4) is 11.3 Å². The molecule has 1 aliphatic heterocycles. The molecule has 1 aliphatic rings. The molecule has 34 heavy (non-hydrogen) atoms. The van der Waals surface area contributed by atoms with Crippen molar-refractivity contribution >= 4 is 11.5 Å². The van der Waals surface area contributed by atoms with Gasteiger partial charge in [-0.05, 0) is 42.7 Å². The van der Waals surface area contributed by atoms with Gasteiger partial charge in [-0.1, -0.05) is 19.1 Å². The second kappa shape index (κ2) is 8.75. The molecule has 7 nitrogen and oxygen atoms in total. The molecule has 0 aliphatic carbocycles. The number of nitrogens with zero attached hydrogens (tertiary/aromatic N) is 5. The van der Waals surface area contributed by atoms with E-state index in [1.165, 1.54) is 13.0 Å². The lowest BCUT2D eigenvalue weighted by atomic mass is 9.97. The third kappa shape index (κ3) is 4.02. The van der Waals surface area contributed by atoms with Crippen molar-refractivity contribution in [3.63, 3.8) is 0 Å². The molecule has 0 spiro atoms. The highest BCUT2D eigenvalue weighted by Gasteiger charge is 2.33. The smallest absolute Gasteiger partial charge is 0.378 e. The number of aryl methyl sites for hydroxylation is 1. The van der Waals surface area contributed by atoms with Crippen LogP contribution in [-0.2, 0) is 23.8 Å². The monoisotopic (exact) mass is 470 g/mol. The number of hydrogen-bond acceptors (Lipinski definition) is 5. The Morgan fingerprint density at radius 1 is 1.15 bits per heavy atom. The molecule has 3 aromatic heterocycles. The average molecular weight is 470 g/mol. The van der Waals surface area contributed by atoms with E-state index in [9.17, 15) is 13.2 Å². The maximum Gasteiger partial charge on any atom is 0.416 e. The Morgan fingerprint density at radius 2 is 1.94 bits per heavy atom. The van der Waals surface area contributed by atoms with Gasteiger partial charge in [-0.3, -0.25) is 5.10 Å². The van der Waals surface area contributed by atoms with Crippen molar-refractivity contribution in [1.82, 2.24) is 24.8 Å². The summed E-state index contributed by atoms with van der Waals surface area (Å²) < 4.78 is 47.8. The largest absolute Gasteiger partial charge is 0.416 e. The van der Waals surface area contributed by atoms with Gasteiger partial charge in [-0.15, -0.1) is 5.10 Å².